The van der Waals surface area contributed by atoms with Crippen molar-refractivity contribution in [2.24, 2.45) is 0 Å². The van der Waals surface area contributed by atoms with Crippen molar-refractivity contribution in [2.75, 3.05) is 0 Å². The summed E-state index contributed by atoms with van der Waals surface area (Å²) in [7, 11) is 0. The number of Topliss-reactive ketones (excluding diaryl/α,β-unsaturated/α-hetero) is 1. The first-order valence-corrected chi connectivity index (χ1v) is 4.71. The lowest BCUT2D eigenvalue weighted by atomic mass is 9.96. The van der Waals surface area contributed by atoms with E-state index in [-0.39, 0.29) is 17.6 Å². The average Bonchev–Trinajstić information content (AvgIpc) is 2.23. The van der Waals surface area contributed by atoms with Crippen molar-refractivity contribution in [2.45, 2.75) is 19.8 Å². The molecule has 1 amide bonds. The Kier molecular flexibility index (Phi) is 2.19. The first-order chi connectivity index (χ1) is 7.09. The highest BCUT2D eigenvalue weighted by Gasteiger charge is 2.25. The third-order valence-corrected chi connectivity index (χ3v) is 2.54. The van der Waals surface area contributed by atoms with Crippen LogP contribution in [-0.4, -0.2) is 11.7 Å². The Bertz CT molecular complexity index is 439. The summed E-state index contributed by atoms with van der Waals surface area (Å²) in [5, 5.41) is 0. The zero-order chi connectivity index (χ0) is 11.0. The molecule has 1 aliphatic rings. The SMILES string of the molecule is CC(=O)c1ccc2c(c1)ONC(=O)C2C. The summed E-state index contributed by atoms with van der Waals surface area (Å²) in [6, 6.07) is 5.11. The molecule has 0 spiro atoms. The smallest absolute Gasteiger partial charge is 0.259 e. The van der Waals surface area contributed by atoms with E-state index in [4.69, 9.17) is 4.84 Å². The first-order valence-electron chi connectivity index (χ1n) is 4.71. The van der Waals surface area contributed by atoms with Crippen molar-refractivity contribution >= 4 is 11.7 Å². The van der Waals surface area contributed by atoms with Gasteiger partial charge in [0.25, 0.3) is 5.91 Å². The Morgan fingerprint density at radius 2 is 2.20 bits per heavy atom. The molecule has 1 aliphatic heterocycles. The van der Waals surface area contributed by atoms with E-state index in [0.29, 0.717) is 11.3 Å². The molecule has 0 aromatic heterocycles. The van der Waals surface area contributed by atoms with Gasteiger partial charge in [-0.1, -0.05) is 12.1 Å². The molecule has 0 aliphatic carbocycles. The number of ketones is 1. The maximum atomic E-state index is 11.3. The molecule has 4 nitrogen and oxygen atoms in total. The summed E-state index contributed by atoms with van der Waals surface area (Å²) in [4.78, 5) is 27.5. The summed E-state index contributed by atoms with van der Waals surface area (Å²) >= 11 is 0. The number of hydroxylamine groups is 1. The van der Waals surface area contributed by atoms with Crippen LogP contribution in [0.1, 0.15) is 35.7 Å². The van der Waals surface area contributed by atoms with Crippen LogP contribution in [-0.2, 0) is 4.79 Å². The summed E-state index contributed by atoms with van der Waals surface area (Å²) < 4.78 is 0. The molecule has 78 valence electrons. The highest BCUT2D eigenvalue weighted by molar-refractivity contribution is 5.95. The fourth-order valence-corrected chi connectivity index (χ4v) is 1.53. The Hall–Kier alpha value is -1.84. The van der Waals surface area contributed by atoms with E-state index in [9.17, 15) is 9.59 Å². The van der Waals surface area contributed by atoms with E-state index in [1.807, 2.05) is 0 Å². The number of hydrogen-bond donors (Lipinski definition) is 1. The van der Waals surface area contributed by atoms with E-state index in [1.54, 1.807) is 25.1 Å². The molecule has 4 heteroatoms. The van der Waals surface area contributed by atoms with Gasteiger partial charge in [0.05, 0.1) is 5.92 Å². The van der Waals surface area contributed by atoms with Gasteiger partial charge >= 0.3 is 0 Å². The van der Waals surface area contributed by atoms with Gasteiger partial charge < -0.3 is 4.84 Å². The van der Waals surface area contributed by atoms with Crippen molar-refractivity contribution in [1.29, 1.82) is 0 Å². The van der Waals surface area contributed by atoms with Gasteiger partial charge in [0.15, 0.2) is 11.5 Å². The van der Waals surface area contributed by atoms with Crippen LogP contribution in [0.2, 0.25) is 0 Å². The largest absolute Gasteiger partial charge is 0.379 e. The minimum atomic E-state index is -0.241. The monoisotopic (exact) mass is 205 g/mol. The van der Waals surface area contributed by atoms with Crippen LogP contribution < -0.4 is 10.3 Å². The number of carbonyl (C=O) groups is 2. The van der Waals surface area contributed by atoms with Crippen LogP contribution in [0.25, 0.3) is 0 Å². The molecule has 15 heavy (non-hydrogen) atoms. The van der Waals surface area contributed by atoms with E-state index < -0.39 is 0 Å². The lowest BCUT2D eigenvalue weighted by Crippen LogP contribution is -2.35. The fourth-order valence-electron chi connectivity index (χ4n) is 1.53. The van der Waals surface area contributed by atoms with E-state index in [0.717, 1.165) is 5.56 Å². The minimum Gasteiger partial charge on any atom is -0.379 e. The molecule has 1 N–H and O–H groups in total. The molecule has 0 saturated carbocycles. The van der Waals surface area contributed by atoms with Gasteiger partial charge in [0.2, 0.25) is 0 Å². The highest BCUT2D eigenvalue weighted by atomic mass is 16.7. The number of nitrogens with one attached hydrogen (secondary N) is 1. The van der Waals surface area contributed by atoms with Crippen molar-refractivity contribution in [3.05, 3.63) is 29.3 Å². The van der Waals surface area contributed by atoms with Crippen LogP contribution >= 0.6 is 0 Å². The predicted molar refractivity (Wildman–Crippen MR) is 53.6 cm³/mol. The summed E-state index contributed by atoms with van der Waals surface area (Å²) in [6.45, 7) is 3.29. The van der Waals surface area contributed by atoms with Gasteiger partial charge in [-0.3, -0.25) is 9.59 Å². The molecule has 0 radical (unpaired) electrons. The second-order valence-electron chi connectivity index (χ2n) is 3.60. The summed E-state index contributed by atoms with van der Waals surface area (Å²) in [5.74, 6) is 0.119. The van der Waals surface area contributed by atoms with E-state index in [2.05, 4.69) is 5.48 Å². The Morgan fingerprint density at radius 1 is 1.47 bits per heavy atom. The number of amides is 1. The Labute approximate surface area is 87.2 Å². The second-order valence-corrected chi connectivity index (χ2v) is 3.60. The third-order valence-electron chi connectivity index (χ3n) is 2.54. The van der Waals surface area contributed by atoms with Crippen LogP contribution in [0.3, 0.4) is 0 Å². The van der Waals surface area contributed by atoms with Crippen LogP contribution in [0, 0.1) is 0 Å². The fraction of sp³-hybridized carbons (Fsp3) is 0.273. The molecule has 1 atom stereocenters. The lowest BCUT2D eigenvalue weighted by Gasteiger charge is -2.22. The molecule has 1 aromatic rings. The number of carbonyl (C=O) groups excluding carboxylic acids is 2. The molecule has 2 rings (SSSR count). The predicted octanol–water partition coefficient (Wildman–Crippen LogP) is 1.42. The molecule has 1 heterocycles. The molecular formula is C11H11NO3. The van der Waals surface area contributed by atoms with Crippen LogP contribution in [0.4, 0.5) is 0 Å². The zero-order valence-electron chi connectivity index (χ0n) is 8.53. The lowest BCUT2D eigenvalue weighted by molar-refractivity contribution is -0.130. The number of fused-ring (bicyclic) bond motifs is 1. The molecule has 0 fully saturated rings. The Morgan fingerprint density at radius 3 is 2.87 bits per heavy atom. The van der Waals surface area contributed by atoms with Gasteiger partial charge in [-0.15, -0.1) is 0 Å². The van der Waals surface area contributed by atoms with Crippen molar-refractivity contribution in [1.82, 2.24) is 5.48 Å². The molecule has 1 aromatic carbocycles. The molecule has 0 bridgehead atoms. The van der Waals surface area contributed by atoms with Gasteiger partial charge in [0, 0.05) is 11.1 Å². The van der Waals surface area contributed by atoms with Crippen molar-refractivity contribution in [3.63, 3.8) is 0 Å². The van der Waals surface area contributed by atoms with Crippen LogP contribution in [0.15, 0.2) is 18.2 Å². The maximum Gasteiger partial charge on any atom is 0.259 e. The maximum absolute atomic E-state index is 11.3. The van der Waals surface area contributed by atoms with Crippen LogP contribution in [0.5, 0.6) is 5.75 Å². The topological polar surface area (TPSA) is 55.4 Å². The molecular weight excluding hydrogens is 194 g/mol. The van der Waals surface area contributed by atoms with Gasteiger partial charge in [-0.25, -0.2) is 0 Å². The standard InChI is InChI=1S/C11H11NO3/c1-6-9-4-3-8(7(2)13)5-10(9)15-12-11(6)14/h3-6H,1-2H3,(H,12,14). The van der Waals surface area contributed by atoms with Gasteiger partial charge in [-0.2, -0.15) is 5.48 Å². The Balaban J connectivity index is 2.47. The van der Waals surface area contributed by atoms with E-state index in [1.165, 1.54) is 6.92 Å². The average molecular weight is 205 g/mol. The first kappa shape index (κ1) is 9.71. The number of rotatable bonds is 1. The number of benzene rings is 1. The van der Waals surface area contributed by atoms with Crippen molar-refractivity contribution in [3.8, 4) is 5.75 Å². The highest BCUT2D eigenvalue weighted by Crippen LogP contribution is 2.30. The molecule has 1 unspecified atom stereocenters. The minimum absolute atomic E-state index is 0.0223. The van der Waals surface area contributed by atoms with Gasteiger partial charge in [0.1, 0.15) is 0 Å². The summed E-state index contributed by atoms with van der Waals surface area (Å²) in [6.07, 6.45) is 0. The quantitative estimate of drug-likeness (QED) is 0.705. The van der Waals surface area contributed by atoms with Crippen molar-refractivity contribution < 1.29 is 14.4 Å². The summed E-state index contributed by atoms with van der Waals surface area (Å²) in [5.41, 5.74) is 3.69. The number of hydrogen-bond acceptors (Lipinski definition) is 3. The second kappa shape index (κ2) is 3.38. The zero-order valence-corrected chi connectivity index (χ0v) is 8.53. The normalized spacial score (nSPS) is 18.8. The van der Waals surface area contributed by atoms with E-state index >= 15 is 0 Å². The third kappa shape index (κ3) is 1.58. The molecule has 0 saturated heterocycles. The van der Waals surface area contributed by atoms with Gasteiger partial charge in [-0.05, 0) is 19.9 Å².